The Bertz CT molecular complexity index is 1030. The summed E-state index contributed by atoms with van der Waals surface area (Å²) in [6.07, 6.45) is 2.78. The molecule has 0 saturated heterocycles. The third-order valence-electron chi connectivity index (χ3n) is 4.29. The minimum Gasteiger partial charge on any atom is -0.302 e. The highest BCUT2D eigenvalue weighted by molar-refractivity contribution is 9.10. The fourth-order valence-electron chi connectivity index (χ4n) is 2.97. The van der Waals surface area contributed by atoms with Crippen molar-refractivity contribution in [2.24, 2.45) is 0 Å². The first-order valence-corrected chi connectivity index (χ1v) is 8.87. The minimum absolute atomic E-state index is 0.240. The van der Waals surface area contributed by atoms with Gasteiger partial charge >= 0.3 is 0 Å². The predicted octanol–water partition coefficient (Wildman–Crippen LogP) is 5.80. The number of aryl methyl sites for hydroxylation is 1. The number of rotatable bonds is 3. The largest absolute Gasteiger partial charge is 0.302 e. The summed E-state index contributed by atoms with van der Waals surface area (Å²) < 4.78 is 16.4. The SMILES string of the molecule is Cc1ccc(Cc2c(-c3ccc(F)cc3)nc3ccc(Br)cn23)cc1. The van der Waals surface area contributed by atoms with Crippen LogP contribution in [0.15, 0.2) is 71.3 Å². The lowest BCUT2D eigenvalue weighted by Gasteiger charge is -2.07. The quantitative estimate of drug-likeness (QED) is 0.429. The third kappa shape index (κ3) is 3.22. The number of imidazole rings is 1. The number of hydrogen-bond acceptors (Lipinski definition) is 1. The van der Waals surface area contributed by atoms with Crippen LogP contribution in [-0.2, 0) is 6.42 Å². The van der Waals surface area contributed by atoms with Gasteiger partial charge in [0.05, 0.1) is 11.4 Å². The maximum atomic E-state index is 13.3. The Morgan fingerprint density at radius 3 is 2.40 bits per heavy atom. The maximum absolute atomic E-state index is 13.3. The van der Waals surface area contributed by atoms with Gasteiger partial charge in [-0.2, -0.15) is 0 Å². The van der Waals surface area contributed by atoms with E-state index < -0.39 is 0 Å². The van der Waals surface area contributed by atoms with Crippen LogP contribution in [0.3, 0.4) is 0 Å². The molecule has 0 N–H and O–H groups in total. The van der Waals surface area contributed by atoms with E-state index in [0.717, 1.165) is 33.5 Å². The summed E-state index contributed by atoms with van der Waals surface area (Å²) in [4.78, 5) is 4.79. The van der Waals surface area contributed by atoms with E-state index in [4.69, 9.17) is 4.98 Å². The van der Waals surface area contributed by atoms with Crippen molar-refractivity contribution in [2.45, 2.75) is 13.3 Å². The van der Waals surface area contributed by atoms with E-state index in [-0.39, 0.29) is 5.82 Å². The zero-order valence-electron chi connectivity index (χ0n) is 13.7. The van der Waals surface area contributed by atoms with Crippen molar-refractivity contribution < 1.29 is 4.39 Å². The molecule has 2 aromatic heterocycles. The first-order chi connectivity index (χ1) is 12.1. The lowest BCUT2D eigenvalue weighted by atomic mass is 10.0. The van der Waals surface area contributed by atoms with Crippen LogP contribution in [0.1, 0.15) is 16.8 Å². The number of fused-ring (bicyclic) bond motifs is 1. The van der Waals surface area contributed by atoms with E-state index in [1.807, 2.05) is 18.3 Å². The summed E-state index contributed by atoms with van der Waals surface area (Å²) >= 11 is 3.54. The molecule has 2 heterocycles. The topological polar surface area (TPSA) is 17.3 Å². The second-order valence-electron chi connectivity index (χ2n) is 6.15. The summed E-state index contributed by atoms with van der Waals surface area (Å²) in [5.41, 5.74) is 6.23. The van der Waals surface area contributed by atoms with Crippen LogP contribution >= 0.6 is 15.9 Å². The highest BCUT2D eigenvalue weighted by Crippen LogP contribution is 2.28. The average molecular weight is 395 g/mol. The van der Waals surface area contributed by atoms with Crippen LogP contribution < -0.4 is 0 Å². The Labute approximate surface area is 154 Å². The lowest BCUT2D eigenvalue weighted by Crippen LogP contribution is -1.97. The van der Waals surface area contributed by atoms with Crippen LogP contribution in [0.4, 0.5) is 4.39 Å². The van der Waals surface area contributed by atoms with Crippen molar-refractivity contribution in [3.8, 4) is 11.3 Å². The molecule has 0 aliphatic carbocycles. The van der Waals surface area contributed by atoms with Crippen LogP contribution in [-0.4, -0.2) is 9.38 Å². The van der Waals surface area contributed by atoms with Crippen molar-refractivity contribution in [3.05, 3.63) is 94.0 Å². The molecule has 4 rings (SSSR count). The van der Waals surface area contributed by atoms with Gasteiger partial charge in [0.2, 0.25) is 0 Å². The van der Waals surface area contributed by atoms with Crippen LogP contribution in [0.25, 0.3) is 16.9 Å². The van der Waals surface area contributed by atoms with Gasteiger partial charge in [-0.3, -0.25) is 0 Å². The molecule has 25 heavy (non-hydrogen) atoms. The second kappa shape index (κ2) is 6.45. The maximum Gasteiger partial charge on any atom is 0.137 e. The molecule has 0 aliphatic rings. The monoisotopic (exact) mass is 394 g/mol. The van der Waals surface area contributed by atoms with Crippen LogP contribution in [0, 0.1) is 12.7 Å². The molecule has 0 unspecified atom stereocenters. The predicted molar refractivity (Wildman–Crippen MR) is 102 cm³/mol. The molecular weight excluding hydrogens is 379 g/mol. The first kappa shape index (κ1) is 16.0. The summed E-state index contributed by atoms with van der Waals surface area (Å²) in [7, 11) is 0. The van der Waals surface area contributed by atoms with E-state index in [0.29, 0.717) is 0 Å². The fourth-order valence-corrected chi connectivity index (χ4v) is 3.31. The molecule has 4 aromatic rings. The van der Waals surface area contributed by atoms with E-state index >= 15 is 0 Å². The standard InChI is InChI=1S/C21H16BrFN2/c1-14-2-4-15(5-3-14)12-19-21(16-6-9-18(23)10-7-16)24-20-11-8-17(22)13-25(19)20/h2-11,13H,12H2,1H3. The van der Waals surface area contributed by atoms with E-state index in [1.54, 1.807) is 12.1 Å². The zero-order chi connectivity index (χ0) is 17.4. The molecule has 0 bridgehead atoms. The minimum atomic E-state index is -0.240. The Morgan fingerprint density at radius 1 is 0.960 bits per heavy atom. The molecule has 0 fully saturated rings. The number of hydrogen-bond donors (Lipinski definition) is 0. The first-order valence-electron chi connectivity index (χ1n) is 8.08. The summed E-state index contributed by atoms with van der Waals surface area (Å²) in [6.45, 7) is 2.08. The molecule has 0 saturated carbocycles. The van der Waals surface area contributed by atoms with Crippen molar-refractivity contribution in [1.82, 2.24) is 9.38 Å². The molecule has 0 aliphatic heterocycles. The molecular formula is C21H16BrFN2. The summed E-state index contributed by atoms with van der Waals surface area (Å²) in [5, 5.41) is 0. The van der Waals surface area contributed by atoms with E-state index in [1.165, 1.54) is 23.3 Å². The molecule has 0 atom stereocenters. The third-order valence-corrected chi connectivity index (χ3v) is 4.76. The second-order valence-corrected chi connectivity index (χ2v) is 7.07. The lowest BCUT2D eigenvalue weighted by molar-refractivity contribution is 0.628. The molecule has 2 aromatic carbocycles. The number of benzene rings is 2. The van der Waals surface area contributed by atoms with E-state index in [2.05, 4.69) is 51.5 Å². The van der Waals surface area contributed by atoms with Gasteiger partial charge in [0.25, 0.3) is 0 Å². The average Bonchev–Trinajstić information content (AvgIpc) is 2.95. The molecule has 4 heteroatoms. The Morgan fingerprint density at radius 2 is 1.68 bits per heavy atom. The Balaban J connectivity index is 1.89. The fraction of sp³-hybridized carbons (Fsp3) is 0.0952. The van der Waals surface area contributed by atoms with Gasteiger partial charge in [0.1, 0.15) is 11.5 Å². The smallest absolute Gasteiger partial charge is 0.137 e. The van der Waals surface area contributed by atoms with Gasteiger partial charge in [0.15, 0.2) is 0 Å². The van der Waals surface area contributed by atoms with Crippen molar-refractivity contribution in [1.29, 1.82) is 0 Å². The summed E-state index contributed by atoms with van der Waals surface area (Å²) in [6, 6.07) is 19.0. The Hall–Kier alpha value is -2.46. The zero-order valence-corrected chi connectivity index (χ0v) is 15.3. The molecule has 0 spiro atoms. The number of halogens is 2. The van der Waals surface area contributed by atoms with Gasteiger partial charge in [-0.1, -0.05) is 29.8 Å². The van der Waals surface area contributed by atoms with Gasteiger partial charge in [-0.05, 0) is 64.8 Å². The highest BCUT2D eigenvalue weighted by Gasteiger charge is 2.15. The Kier molecular flexibility index (Phi) is 4.14. The number of pyridine rings is 1. The van der Waals surface area contributed by atoms with Crippen molar-refractivity contribution in [3.63, 3.8) is 0 Å². The molecule has 2 nitrogen and oxygen atoms in total. The number of nitrogens with zero attached hydrogens (tertiary/aromatic N) is 2. The van der Waals surface area contributed by atoms with Gasteiger partial charge in [-0.25, -0.2) is 9.37 Å². The summed E-state index contributed by atoms with van der Waals surface area (Å²) in [5.74, 6) is -0.240. The van der Waals surface area contributed by atoms with Gasteiger partial charge in [-0.15, -0.1) is 0 Å². The van der Waals surface area contributed by atoms with Crippen LogP contribution in [0.2, 0.25) is 0 Å². The van der Waals surface area contributed by atoms with Crippen LogP contribution in [0.5, 0.6) is 0 Å². The number of aromatic nitrogens is 2. The van der Waals surface area contributed by atoms with Gasteiger partial charge in [0, 0.05) is 22.7 Å². The molecule has 0 amide bonds. The van der Waals surface area contributed by atoms with Crippen molar-refractivity contribution in [2.75, 3.05) is 0 Å². The molecule has 0 radical (unpaired) electrons. The highest BCUT2D eigenvalue weighted by atomic mass is 79.9. The normalized spacial score (nSPS) is 11.2. The molecule has 124 valence electrons. The van der Waals surface area contributed by atoms with Crippen molar-refractivity contribution >= 4 is 21.6 Å². The van der Waals surface area contributed by atoms with E-state index in [9.17, 15) is 4.39 Å². The van der Waals surface area contributed by atoms with Gasteiger partial charge < -0.3 is 4.40 Å².